The third-order valence-electron chi connectivity index (χ3n) is 2.78. The van der Waals surface area contributed by atoms with E-state index in [1.165, 1.54) is 0 Å². The minimum absolute atomic E-state index is 0.0121. The fraction of sp³-hybridized carbons (Fsp3) is 0.600. The molecule has 2 heterocycles. The molecule has 0 bridgehead atoms. The highest BCUT2D eigenvalue weighted by atomic mass is 16.5. The molecule has 1 aromatic rings. The summed E-state index contributed by atoms with van der Waals surface area (Å²) in [6.07, 6.45) is 4.48. The third kappa shape index (κ3) is 2.75. The third-order valence-corrected chi connectivity index (χ3v) is 2.78. The van der Waals surface area contributed by atoms with Gasteiger partial charge in [-0.15, -0.1) is 0 Å². The van der Waals surface area contributed by atoms with Gasteiger partial charge < -0.3 is 9.47 Å². The van der Waals surface area contributed by atoms with Crippen LogP contribution in [-0.2, 0) is 16.1 Å². The van der Waals surface area contributed by atoms with Crippen molar-refractivity contribution < 1.29 is 14.3 Å². The van der Waals surface area contributed by atoms with Gasteiger partial charge in [0, 0.05) is 0 Å². The van der Waals surface area contributed by atoms with Crippen molar-refractivity contribution >= 4 is 5.91 Å². The SMILES string of the molecule is COc1cnn(CC2CCC(C(=O)NN)O2)c1. The second-order valence-corrected chi connectivity index (χ2v) is 3.93. The number of nitrogens with zero attached hydrogens (tertiary/aromatic N) is 2. The van der Waals surface area contributed by atoms with Gasteiger partial charge in [0.2, 0.25) is 0 Å². The van der Waals surface area contributed by atoms with Crippen molar-refractivity contribution in [1.82, 2.24) is 15.2 Å². The maximum absolute atomic E-state index is 11.3. The molecule has 0 radical (unpaired) electrons. The number of ether oxygens (including phenoxy) is 2. The molecule has 1 aromatic heterocycles. The molecule has 2 atom stereocenters. The Morgan fingerprint density at radius 3 is 3.24 bits per heavy atom. The van der Waals surface area contributed by atoms with Gasteiger partial charge in [0.1, 0.15) is 6.10 Å². The summed E-state index contributed by atoms with van der Waals surface area (Å²) in [5.74, 6) is 5.49. The summed E-state index contributed by atoms with van der Waals surface area (Å²) in [4.78, 5) is 11.3. The van der Waals surface area contributed by atoms with Crippen LogP contribution in [0.5, 0.6) is 5.75 Å². The van der Waals surface area contributed by atoms with E-state index in [0.717, 1.165) is 6.42 Å². The zero-order valence-electron chi connectivity index (χ0n) is 9.63. The lowest BCUT2D eigenvalue weighted by Gasteiger charge is -2.12. The lowest BCUT2D eigenvalue weighted by atomic mass is 10.2. The molecule has 2 unspecified atom stereocenters. The Bertz CT molecular complexity index is 393. The molecule has 94 valence electrons. The molecule has 1 aliphatic rings. The summed E-state index contributed by atoms with van der Waals surface area (Å²) in [6, 6.07) is 0. The van der Waals surface area contributed by atoms with Crippen molar-refractivity contribution in [1.29, 1.82) is 0 Å². The highest BCUT2D eigenvalue weighted by Crippen LogP contribution is 2.21. The first-order valence-corrected chi connectivity index (χ1v) is 5.45. The minimum atomic E-state index is -0.442. The molecule has 0 aromatic carbocycles. The zero-order chi connectivity index (χ0) is 12.3. The summed E-state index contributed by atoms with van der Waals surface area (Å²) >= 11 is 0. The standard InChI is InChI=1S/C10H16N4O3/c1-16-8-4-12-14(6-8)5-7-2-3-9(17-7)10(15)13-11/h4,6-7,9H,2-3,5,11H2,1H3,(H,13,15). The van der Waals surface area contributed by atoms with Gasteiger partial charge in [-0.25, -0.2) is 5.84 Å². The number of hydrogen-bond acceptors (Lipinski definition) is 5. The maximum Gasteiger partial charge on any atom is 0.263 e. The van der Waals surface area contributed by atoms with Crippen LogP contribution < -0.4 is 16.0 Å². The summed E-state index contributed by atoms with van der Waals surface area (Å²) < 4.78 is 12.3. The smallest absolute Gasteiger partial charge is 0.263 e. The Morgan fingerprint density at radius 2 is 2.59 bits per heavy atom. The van der Waals surface area contributed by atoms with Crippen molar-refractivity contribution in [3.05, 3.63) is 12.4 Å². The van der Waals surface area contributed by atoms with Gasteiger partial charge >= 0.3 is 0 Å². The molecule has 17 heavy (non-hydrogen) atoms. The lowest BCUT2D eigenvalue weighted by molar-refractivity contribution is -0.132. The van der Waals surface area contributed by atoms with Crippen LogP contribution in [0.2, 0.25) is 0 Å². The fourth-order valence-electron chi connectivity index (χ4n) is 1.88. The van der Waals surface area contributed by atoms with E-state index in [-0.39, 0.29) is 12.0 Å². The fourth-order valence-corrected chi connectivity index (χ4v) is 1.88. The van der Waals surface area contributed by atoms with E-state index >= 15 is 0 Å². The number of carbonyl (C=O) groups is 1. The summed E-state index contributed by atoms with van der Waals surface area (Å²) in [5.41, 5.74) is 2.10. The predicted octanol–water partition coefficient (Wildman–Crippen LogP) is -0.571. The van der Waals surface area contributed by atoms with Crippen LogP contribution in [0.4, 0.5) is 0 Å². The van der Waals surface area contributed by atoms with Gasteiger partial charge in [0.05, 0.1) is 32.2 Å². The van der Waals surface area contributed by atoms with Gasteiger partial charge in [-0.05, 0) is 12.8 Å². The van der Waals surface area contributed by atoms with E-state index in [1.54, 1.807) is 24.2 Å². The molecule has 3 N–H and O–H groups in total. The molecule has 1 saturated heterocycles. The molecule has 0 saturated carbocycles. The van der Waals surface area contributed by atoms with Crippen molar-refractivity contribution in [2.45, 2.75) is 31.6 Å². The molecular formula is C10H16N4O3. The molecule has 1 aliphatic heterocycles. The number of nitrogens with one attached hydrogen (secondary N) is 1. The Labute approximate surface area is 98.8 Å². The largest absolute Gasteiger partial charge is 0.493 e. The summed E-state index contributed by atoms with van der Waals surface area (Å²) in [6.45, 7) is 0.609. The van der Waals surface area contributed by atoms with Crippen LogP contribution in [-0.4, -0.2) is 35.0 Å². The van der Waals surface area contributed by atoms with E-state index in [0.29, 0.717) is 18.7 Å². The molecular weight excluding hydrogens is 224 g/mol. The van der Waals surface area contributed by atoms with Crippen LogP contribution in [0.15, 0.2) is 12.4 Å². The van der Waals surface area contributed by atoms with Crippen molar-refractivity contribution in [2.24, 2.45) is 5.84 Å². The molecule has 0 spiro atoms. The molecule has 1 amide bonds. The van der Waals surface area contributed by atoms with Crippen LogP contribution in [0, 0.1) is 0 Å². The molecule has 2 rings (SSSR count). The van der Waals surface area contributed by atoms with Gasteiger partial charge in [-0.3, -0.25) is 14.9 Å². The molecule has 7 heteroatoms. The topological polar surface area (TPSA) is 91.4 Å². The predicted molar refractivity (Wildman–Crippen MR) is 59.0 cm³/mol. The van der Waals surface area contributed by atoms with Gasteiger partial charge in [0.15, 0.2) is 5.75 Å². The number of hydrazine groups is 1. The highest BCUT2D eigenvalue weighted by Gasteiger charge is 2.30. The minimum Gasteiger partial charge on any atom is -0.493 e. The number of nitrogens with two attached hydrogens (primary N) is 1. The quantitative estimate of drug-likeness (QED) is 0.418. The number of aromatic nitrogens is 2. The Kier molecular flexibility index (Phi) is 3.60. The summed E-state index contributed by atoms with van der Waals surface area (Å²) in [5, 5.41) is 4.13. The maximum atomic E-state index is 11.3. The summed E-state index contributed by atoms with van der Waals surface area (Å²) in [7, 11) is 1.59. The van der Waals surface area contributed by atoms with Gasteiger partial charge in [-0.2, -0.15) is 5.10 Å². The first kappa shape index (κ1) is 11.9. The van der Waals surface area contributed by atoms with E-state index in [9.17, 15) is 4.79 Å². The number of methoxy groups -OCH3 is 1. The van der Waals surface area contributed by atoms with E-state index in [4.69, 9.17) is 15.3 Å². The number of amides is 1. The first-order valence-electron chi connectivity index (χ1n) is 5.45. The lowest BCUT2D eigenvalue weighted by Crippen LogP contribution is -2.39. The van der Waals surface area contributed by atoms with Crippen LogP contribution in [0.25, 0.3) is 0 Å². The zero-order valence-corrected chi connectivity index (χ0v) is 9.63. The Morgan fingerprint density at radius 1 is 1.76 bits per heavy atom. The van der Waals surface area contributed by atoms with Gasteiger partial charge in [0.25, 0.3) is 5.91 Å². The normalized spacial score (nSPS) is 23.6. The van der Waals surface area contributed by atoms with E-state index in [2.05, 4.69) is 10.5 Å². The van der Waals surface area contributed by atoms with Gasteiger partial charge in [-0.1, -0.05) is 0 Å². The Balaban J connectivity index is 1.87. The Hall–Kier alpha value is -1.60. The van der Waals surface area contributed by atoms with Crippen LogP contribution >= 0.6 is 0 Å². The number of rotatable bonds is 4. The second kappa shape index (κ2) is 5.15. The highest BCUT2D eigenvalue weighted by molar-refractivity contribution is 5.80. The average Bonchev–Trinajstić information content (AvgIpc) is 2.97. The van der Waals surface area contributed by atoms with Crippen molar-refractivity contribution in [2.75, 3.05) is 7.11 Å². The van der Waals surface area contributed by atoms with Crippen LogP contribution in [0.1, 0.15) is 12.8 Å². The average molecular weight is 240 g/mol. The second-order valence-electron chi connectivity index (χ2n) is 3.93. The van der Waals surface area contributed by atoms with Crippen molar-refractivity contribution in [3.63, 3.8) is 0 Å². The van der Waals surface area contributed by atoms with Crippen LogP contribution in [0.3, 0.4) is 0 Å². The molecule has 0 aliphatic carbocycles. The molecule has 7 nitrogen and oxygen atoms in total. The monoisotopic (exact) mass is 240 g/mol. The molecule has 1 fully saturated rings. The van der Waals surface area contributed by atoms with E-state index < -0.39 is 6.10 Å². The van der Waals surface area contributed by atoms with E-state index in [1.807, 2.05) is 0 Å². The van der Waals surface area contributed by atoms with Crippen molar-refractivity contribution in [3.8, 4) is 5.75 Å². The first-order chi connectivity index (χ1) is 8.22. The number of carbonyl (C=O) groups excluding carboxylic acids is 1. The number of hydrogen-bond donors (Lipinski definition) is 2.